The molecule has 3 fully saturated rings. The van der Waals surface area contributed by atoms with Gasteiger partial charge >= 0.3 is 11.9 Å². The van der Waals surface area contributed by atoms with E-state index in [1.807, 2.05) is 27.7 Å². The summed E-state index contributed by atoms with van der Waals surface area (Å²) in [4.78, 5) is 21.3. The van der Waals surface area contributed by atoms with Gasteiger partial charge in [0.1, 0.15) is 23.4 Å². The molecule has 0 bridgehead atoms. The third-order valence-corrected chi connectivity index (χ3v) is 4.65. The number of ether oxygens (including phenoxy) is 6. The van der Waals surface area contributed by atoms with Gasteiger partial charge in [-0.1, -0.05) is 38.5 Å². The lowest BCUT2D eigenvalue weighted by Crippen LogP contribution is -2.33. The van der Waals surface area contributed by atoms with Gasteiger partial charge in [-0.2, -0.15) is 0 Å². The van der Waals surface area contributed by atoms with Crippen LogP contribution in [0.1, 0.15) is 80.1 Å². The van der Waals surface area contributed by atoms with Crippen molar-refractivity contribution in [2.45, 2.75) is 103 Å². The largest absolute Gasteiger partial charge is 0.457 e. The van der Waals surface area contributed by atoms with Crippen LogP contribution in [0.5, 0.6) is 0 Å². The Kier molecular flexibility index (Phi) is 13.4. The van der Waals surface area contributed by atoms with Crippen molar-refractivity contribution < 1.29 is 38.0 Å². The molecule has 2 atom stereocenters. The molecule has 0 aromatic carbocycles. The maximum atomic E-state index is 10.7. The molecule has 0 aromatic rings. The first-order chi connectivity index (χ1) is 15.0. The fourth-order valence-corrected chi connectivity index (χ4v) is 3.10. The summed E-state index contributed by atoms with van der Waals surface area (Å²) < 4.78 is 30.7. The smallest absolute Gasteiger partial charge is 0.303 e. The summed E-state index contributed by atoms with van der Waals surface area (Å²) in [6.07, 6.45) is 9.52. The van der Waals surface area contributed by atoms with Crippen LogP contribution < -0.4 is 0 Å². The van der Waals surface area contributed by atoms with E-state index in [4.69, 9.17) is 28.4 Å². The summed E-state index contributed by atoms with van der Waals surface area (Å²) in [5, 5.41) is 0. The first-order valence-electron chi connectivity index (χ1n) is 11.8. The van der Waals surface area contributed by atoms with E-state index >= 15 is 0 Å². The summed E-state index contributed by atoms with van der Waals surface area (Å²) in [7, 11) is 0. The van der Waals surface area contributed by atoms with Crippen LogP contribution in [0.25, 0.3) is 0 Å². The van der Waals surface area contributed by atoms with Crippen LogP contribution in [0.4, 0.5) is 0 Å². The Morgan fingerprint density at radius 3 is 1.19 bits per heavy atom. The van der Waals surface area contributed by atoms with E-state index in [1.165, 1.54) is 52.4 Å². The van der Waals surface area contributed by atoms with Gasteiger partial charge in [-0.3, -0.25) is 9.59 Å². The topological polar surface area (TPSA) is 96.1 Å². The Hall–Kier alpha value is -1.22. The van der Waals surface area contributed by atoms with E-state index in [9.17, 15) is 9.59 Å². The third-order valence-electron chi connectivity index (χ3n) is 4.65. The second kappa shape index (κ2) is 14.8. The van der Waals surface area contributed by atoms with E-state index in [1.54, 1.807) is 0 Å². The summed E-state index contributed by atoms with van der Waals surface area (Å²) in [5.74, 6) is -0.562. The van der Waals surface area contributed by atoms with Crippen molar-refractivity contribution in [3.05, 3.63) is 0 Å². The van der Waals surface area contributed by atoms with Crippen molar-refractivity contribution in [2.75, 3.05) is 39.6 Å². The van der Waals surface area contributed by atoms with Crippen LogP contribution in [0, 0.1) is 0 Å². The molecule has 1 aliphatic carbocycles. The normalized spacial score (nSPS) is 21.8. The fourth-order valence-electron chi connectivity index (χ4n) is 3.10. The summed E-state index contributed by atoms with van der Waals surface area (Å²) in [6, 6.07) is 0. The number of rotatable bonds is 10. The molecule has 0 amide bonds. The highest BCUT2D eigenvalue weighted by Crippen LogP contribution is 2.16. The second-order valence-corrected chi connectivity index (χ2v) is 9.77. The number of esters is 2. The van der Waals surface area contributed by atoms with Gasteiger partial charge in [0.25, 0.3) is 0 Å². The first-order valence-corrected chi connectivity index (χ1v) is 11.8. The molecule has 2 aliphatic heterocycles. The fraction of sp³-hybridized carbons (Fsp3) is 0.917. The molecular formula is C24H44O8. The predicted octanol–water partition coefficient (Wildman–Crippen LogP) is 3.83. The van der Waals surface area contributed by atoms with Crippen LogP contribution in [0.2, 0.25) is 0 Å². The molecule has 1 saturated carbocycles. The lowest BCUT2D eigenvalue weighted by Gasteiger charge is -2.23. The Balaban J connectivity index is 0.000000256. The minimum absolute atomic E-state index is 0.258. The van der Waals surface area contributed by atoms with Crippen molar-refractivity contribution in [2.24, 2.45) is 0 Å². The number of epoxide rings is 2. The molecule has 188 valence electrons. The Bertz CT molecular complexity index is 481. The molecule has 2 saturated heterocycles. The second-order valence-electron chi connectivity index (χ2n) is 9.77. The molecule has 8 nitrogen and oxygen atoms in total. The Morgan fingerprint density at radius 1 is 0.688 bits per heavy atom. The maximum absolute atomic E-state index is 10.7. The molecule has 0 radical (unpaired) electrons. The summed E-state index contributed by atoms with van der Waals surface area (Å²) >= 11 is 0. The predicted molar refractivity (Wildman–Crippen MR) is 121 cm³/mol. The number of hydrogen-bond acceptors (Lipinski definition) is 8. The third kappa shape index (κ3) is 18.4. The SMILES string of the molecule is C1CCCCC1.CC(=O)OC(C)(C)COCC1CO1.CC(=O)OC(C)(C)COCC1CO1. The van der Waals surface area contributed by atoms with E-state index in [2.05, 4.69) is 0 Å². The van der Waals surface area contributed by atoms with Gasteiger partial charge in [-0.15, -0.1) is 0 Å². The van der Waals surface area contributed by atoms with Gasteiger partial charge in [0.2, 0.25) is 0 Å². The molecule has 0 N–H and O–H groups in total. The van der Waals surface area contributed by atoms with Gasteiger partial charge in [0, 0.05) is 13.8 Å². The van der Waals surface area contributed by atoms with E-state index < -0.39 is 11.2 Å². The average molecular weight is 461 g/mol. The highest BCUT2D eigenvalue weighted by Gasteiger charge is 2.27. The first kappa shape index (κ1) is 28.8. The number of carbonyl (C=O) groups excluding carboxylic acids is 2. The standard InChI is InChI=1S/2C9H16O4.C6H12/c2*1-7(10)13-9(2,3)6-11-4-8-5-12-8;1-2-4-6-5-3-1/h2*8H,4-6H2,1-3H3;1-6H2. The van der Waals surface area contributed by atoms with Crippen LogP contribution >= 0.6 is 0 Å². The van der Waals surface area contributed by atoms with Crippen molar-refractivity contribution in [1.82, 2.24) is 0 Å². The molecule has 2 heterocycles. The van der Waals surface area contributed by atoms with Gasteiger partial charge < -0.3 is 28.4 Å². The highest BCUT2D eigenvalue weighted by molar-refractivity contribution is 5.66. The zero-order valence-electron chi connectivity index (χ0n) is 20.9. The minimum atomic E-state index is -0.541. The monoisotopic (exact) mass is 460 g/mol. The molecular weight excluding hydrogens is 416 g/mol. The lowest BCUT2D eigenvalue weighted by atomic mass is 10.0. The molecule has 0 spiro atoms. The van der Waals surface area contributed by atoms with E-state index in [0.717, 1.165) is 13.2 Å². The molecule has 3 rings (SSSR count). The minimum Gasteiger partial charge on any atom is -0.457 e. The molecule has 32 heavy (non-hydrogen) atoms. The molecule has 0 aromatic heterocycles. The molecule has 3 aliphatic rings. The lowest BCUT2D eigenvalue weighted by molar-refractivity contribution is -0.160. The van der Waals surface area contributed by atoms with E-state index in [0.29, 0.717) is 26.4 Å². The van der Waals surface area contributed by atoms with E-state index in [-0.39, 0.29) is 24.1 Å². The van der Waals surface area contributed by atoms with Gasteiger partial charge in [-0.25, -0.2) is 0 Å². The zero-order valence-corrected chi connectivity index (χ0v) is 20.9. The number of carbonyl (C=O) groups is 2. The van der Waals surface area contributed by atoms with Crippen molar-refractivity contribution >= 4 is 11.9 Å². The maximum Gasteiger partial charge on any atom is 0.303 e. The quantitative estimate of drug-likeness (QED) is 0.358. The zero-order chi connectivity index (χ0) is 24.0. The summed E-state index contributed by atoms with van der Waals surface area (Å²) in [6.45, 7) is 13.6. The van der Waals surface area contributed by atoms with Crippen LogP contribution in [-0.2, 0) is 38.0 Å². The van der Waals surface area contributed by atoms with Crippen molar-refractivity contribution in [3.63, 3.8) is 0 Å². The van der Waals surface area contributed by atoms with Gasteiger partial charge in [0.15, 0.2) is 0 Å². The van der Waals surface area contributed by atoms with Crippen LogP contribution in [0.15, 0.2) is 0 Å². The highest BCUT2D eigenvalue weighted by atomic mass is 16.6. The van der Waals surface area contributed by atoms with Gasteiger partial charge in [0.05, 0.1) is 39.6 Å². The molecule has 2 unspecified atom stereocenters. The number of hydrogen-bond donors (Lipinski definition) is 0. The van der Waals surface area contributed by atoms with Crippen molar-refractivity contribution in [3.8, 4) is 0 Å². The average Bonchev–Trinajstić information content (AvgIpc) is 3.57. The molecule has 8 heteroatoms. The van der Waals surface area contributed by atoms with Gasteiger partial charge in [-0.05, 0) is 27.7 Å². The van der Waals surface area contributed by atoms with Crippen LogP contribution in [0.3, 0.4) is 0 Å². The van der Waals surface area contributed by atoms with Crippen LogP contribution in [-0.4, -0.2) is 75.0 Å². The Morgan fingerprint density at radius 2 is 0.969 bits per heavy atom. The van der Waals surface area contributed by atoms with Crippen molar-refractivity contribution in [1.29, 1.82) is 0 Å². The summed E-state index contributed by atoms with van der Waals surface area (Å²) in [5.41, 5.74) is -1.08. The Labute approximate surface area is 193 Å².